The van der Waals surface area contributed by atoms with E-state index >= 15 is 0 Å². The molecular formula is C12H16BrN3O2. The number of nitrogens with one attached hydrogen (secondary N) is 1. The molecule has 1 N–H and O–H groups in total. The first-order valence-corrected chi connectivity index (χ1v) is 7.03. The van der Waals surface area contributed by atoms with E-state index in [1.165, 1.54) is 0 Å². The highest BCUT2D eigenvalue weighted by molar-refractivity contribution is 9.10. The SMILES string of the molecule is O=C(c1ccc(Br)o1)N1CCN(C2CNC2)CC1. The van der Waals surface area contributed by atoms with Gasteiger partial charge < -0.3 is 14.6 Å². The van der Waals surface area contributed by atoms with Gasteiger partial charge in [0.25, 0.3) is 5.91 Å². The molecule has 1 amide bonds. The first-order chi connectivity index (χ1) is 8.74. The van der Waals surface area contributed by atoms with E-state index < -0.39 is 0 Å². The van der Waals surface area contributed by atoms with E-state index in [1.54, 1.807) is 12.1 Å². The normalized spacial score (nSPS) is 21.9. The van der Waals surface area contributed by atoms with Gasteiger partial charge in [-0.15, -0.1) is 0 Å². The number of rotatable bonds is 2. The van der Waals surface area contributed by atoms with Crippen LogP contribution in [0.3, 0.4) is 0 Å². The lowest BCUT2D eigenvalue weighted by Crippen LogP contribution is -2.62. The number of carbonyl (C=O) groups is 1. The van der Waals surface area contributed by atoms with E-state index in [2.05, 4.69) is 26.1 Å². The molecule has 1 aromatic rings. The van der Waals surface area contributed by atoms with E-state index in [-0.39, 0.29) is 5.91 Å². The van der Waals surface area contributed by atoms with E-state index in [4.69, 9.17) is 4.42 Å². The van der Waals surface area contributed by atoms with Crippen LogP contribution in [0.2, 0.25) is 0 Å². The Morgan fingerprint density at radius 3 is 2.50 bits per heavy atom. The van der Waals surface area contributed by atoms with Crippen LogP contribution in [0.25, 0.3) is 0 Å². The first-order valence-electron chi connectivity index (χ1n) is 6.23. The predicted octanol–water partition coefficient (Wildman–Crippen LogP) is 0.772. The van der Waals surface area contributed by atoms with Crippen molar-refractivity contribution in [3.63, 3.8) is 0 Å². The standard InChI is InChI=1S/C12H16BrN3O2/c13-11-2-1-10(18-11)12(17)16-5-3-15(4-6-16)9-7-14-8-9/h1-2,9,14H,3-8H2. The lowest BCUT2D eigenvalue weighted by atomic mass is 10.1. The second-order valence-electron chi connectivity index (χ2n) is 4.74. The summed E-state index contributed by atoms with van der Waals surface area (Å²) in [7, 11) is 0. The number of carbonyl (C=O) groups excluding carboxylic acids is 1. The lowest BCUT2D eigenvalue weighted by molar-refractivity contribution is 0.0476. The molecule has 0 spiro atoms. The monoisotopic (exact) mass is 313 g/mol. The maximum Gasteiger partial charge on any atom is 0.289 e. The van der Waals surface area contributed by atoms with Crippen molar-refractivity contribution in [2.24, 2.45) is 0 Å². The van der Waals surface area contributed by atoms with Crippen LogP contribution in [-0.2, 0) is 0 Å². The highest BCUT2D eigenvalue weighted by Gasteiger charge is 2.30. The fourth-order valence-electron chi connectivity index (χ4n) is 2.41. The van der Waals surface area contributed by atoms with Crippen molar-refractivity contribution in [3.8, 4) is 0 Å². The average molecular weight is 314 g/mol. The molecule has 98 valence electrons. The van der Waals surface area contributed by atoms with E-state index in [0.717, 1.165) is 39.3 Å². The zero-order valence-corrected chi connectivity index (χ0v) is 11.6. The third-order valence-electron chi connectivity index (χ3n) is 3.66. The van der Waals surface area contributed by atoms with Crippen molar-refractivity contribution in [2.75, 3.05) is 39.3 Å². The summed E-state index contributed by atoms with van der Waals surface area (Å²) >= 11 is 3.22. The van der Waals surface area contributed by atoms with Crippen LogP contribution in [-0.4, -0.2) is 61.0 Å². The van der Waals surface area contributed by atoms with Crippen molar-refractivity contribution in [2.45, 2.75) is 6.04 Å². The molecule has 2 aliphatic heterocycles. The zero-order valence-electron chi connectivity index (χ0n) is 10.1. The van der Waals surface area contributed by atoms with Gasteiger partial charge >= 0.3 is 0 Å². The Labute approximate surface area is 114 Å². The Morgan fingerprint density at radius 1 is 1.28 bits per heavy atom. The Bertz CT molecular complexity index is 436. The van der Waals surface area contributed by atoms with Crippen molar-refractivity contribution in [3.05, 3.63) is 22.6 Å². The van der Waals surface area contributed by atoms with Crippen LogP contribution in [0.4, 0.5) is 0 Å². The van der Waals surface area contributed by atoms with Gasteiger partial charge in [0.15, 0.2) is 10.4 Å². The van der Waals surface area contributed by atoms with Gasteiger partial charge in [-0.2, -0.15) is 0 Å². The highest BCUT2D eigenvalue weighted by Crippen LogP contribution is 2.17. The predicted molar refractivity (Wildman–Crippen MR) is 70.5 cm³/mol. The van der Waals surface area contributed by atoms with Crippen molar-refractivity contribution >= 4 is 21.8 Å². The number of nitrogens with zero attached hydrogens (tertiary/aromatic N) is 2. The summed E-state index contributed by atoms with van der Waals surface area (Å²) in [4.78, 5) is 16.5. The van der Waals surface area contributed by atoms with Crippen LogP contribution < -0.4 is 5.32 Å². The topological polar surface area (TPSA) is 48.7 Å². The molecule has 2 fully saturated rings. The summed E-state index contributed by atoms with van der Waals surface area (Å²) in [5.41, 5.74) is 0. The van der Waals surface area contributed by atoms with Crippen LogP contribution >= 0.6 is 15.9 Å². The summed E-state index contributed by atoms with van der Waals surface area (Å²) < 4.78 is 5.91. The molecule has 0 unspecified atom stereocenters. The maximum atomic E-state index is 12.2. The molecule has 18 heavy (non-hydrogen) atoms. The molecule has 0 radical (unpaired) electrons. The largest absolute Gasteiger partial charge is 0.444 e. The summed E-state index contributed by atoms with van der Waals surface area (Å²) in [5, 5.41) is 3.28. The lowest BCUT2D eigenvalue weighted by Gasteiger charge is -2.43. The average Bonchev–Trinajstić information content (AvgIpc) is 2.74. The van der Waals surface area contributed by atoms with Gasteiger partial charge in [0.1, 0.15) is 0 Å². The van der Waals surface area contributed by atoms with Crippen molar-refractivity contribution in [1.82, 2.24) is 15.1 Å². The van der Waals surface area contributed by atoms with Crippen LogP contribution in [0.1, 0.15) is 10.6 Å². The Balaban J connectivity index is 1.57. The maximum absolute atomic E-state index is 12.2. The molecule has 5 nitrogen and oxygen atoms in total. The second kappa shape index (κ2) is 5.03. The summed E-state index contributed by atoms with van der Waals surface area (Å²) in [6.07, 6.45) is 0. The summed E-state index contributed by atoms with van der Waals surface area (Å²) in [6.45, 7) is 5.65. The minimum Gasteiger partial charge on any atom is -0.444 e. The molecule has 1 aromatic heterocycles. The van der Waals surface area contributed by atoms with Crippen LogP contribution in [0, 0.1) is 0 Å². The summed E-state index contributed by atoms with van der Waals surface area (Å²) in [6, 6.07) is 4.14. The Kier molecular flexibility index (Phi) is 3.41. The fourth-order valence-corrected chi connectivity index (χ4v) is 2.71. The Hall–Kier alpha value is -0.850. The van der Waals surface area contributed by atoms with Gasteiger partial charge in [-0.3, -0.25) is 9.69 Å². The van der Waals surface area contributed by atoms with Gasteiger partial charge in [0, 0.05) is 45.3 Å². The van der Waals surface area contributed by atoms with Gasteiger partial charge in [-0.05, 0) is 28.1 Å². The zero-order chi connectivity index (χ0) is 12.5. The second-order valence-corrected chi connectivity index (χ2v) is 5.53. The number of hydrogen-bond acceptors (Lipinski definition) is 4. The van der Waals surface area contributed by atoms with E-state index in [0.29, 0.717) is 16.5 Å². The number of halogens is 1. The fraction of sp³-hybridized carbons (Fsp3) is 0.583. The third kappa shape index (κ3) is 2.32. The van der Waals surface area contributed by atoms with Crippen LogP contribution in [0.15, 0.2) is 21.2 Å². The number of hydrogen-bond donors (Lipinski definition) is 1. The quantitative estimate of drug-likeness (QED) is 0.876. The van der Waals surface area contributed by atoms with Gasteiger partial charge in [0.05, 0.1) is 0 Å². The molecule has 0 aliphatic carbocycles. The summed E-state index contributed by atoms with van der Waals surface area (Å²) in [5.74, 6) is 0.410. The van der Waals surface area contributed by atoms with Gasteiger partial charge in [-0.1, -0.05) is 0 Å². The molecule has 3 rings (SSSR count). The molecule has 0 bridgehead atoms. The van der Waals surface area contributed by atoms with Gasteiger partial charge in [0.2, 0.25) is 0 Å². The third-order valence-corrected chi connectivity index (χ3v) is 4.09. The van der Waals surface area contributed by atoms with E-state index in [1.807, 2.05) is 4.90 Å². The molecule has 2 saturated heterocycles. The Morgan fingerprint density at radius 2 is 2.00 bits per heavy atom. The highest BCUT2D eigenvalue weighted by atomic mass is 79.9. The molecule has 6 heteroatoms. The molecule has 0 atom stereocenters. The number of piperazine rings is 1. The van der Waals surface area contributed by atoms with Gasteiger partial charge in [-0.25, -0.2) is 0 Å². The van der Waals surface area contributed by atoms with Crippen molar-refractivity contribution < 1.29 is 9.21 Å². The van der Waals surface area contributed by atoms with Crippen LogP contribution in [0.5, 0.6) is 0 Å². The number of amides is 1. The molecule has 2 aliphatic rings. The molecule has 0 saturated carbocycles. The molecule has 0 aromatic carbocycles. The minimum atomic E-state index is -0.00733. The molecule has 3 heterocycles. The molecular weight excluding hydrogens is 298 g/mol. The van der Waals surface area contributed by atoms with Crippen molar-refractivity contribution in [1.29, 1.82) is 0 Å². The number of furan rings is 1. The first kappa shape index (κ1) is 12.2. The smallest absolute Gasteiger partial charge is 0.289 e. The van der Waals surface area contributed by atoms with E-state index in [9.17, 15) is 4.79 Å². The minimum absolute atomic E-state index is 0.00733.